The maximum Gasteiger partial charge on any atom is 0.217 e. The van der Waals surface area contributed by atoms with Crippen LogP contribution in [-0.4, -0.2) is 33.2 Å². The normalized spacial score (nSPS) is 17.8. The molecular weight excluding hydrogens is 288 g/mol. The van der Waals surface area contributed by atoms with Crippen molar-refractivity contribution < 1.29 is 4.79 Å². The summed E-state index contributed by atoms with van der Waals surface area (Å²) < 4.78 is 2.09. The zero-order chi connectivity index (χ0) is 15.8. The lowest BCUT2D eigenvalue weighted by Crippen LogP contribution is -2.41. The van der Waals surface area contributed by atoms with Gasteiger partial charge in [0.1, 0.15) is 0 Å². The molecule has 2 heterocycles. The van der Waals surface area contributed by atoms with Crippen LogP contribution in [0.3, 0.4) is 0 Å². The van der Waals surface area contributed by atoms with Crippen LogP contribution in [0.5, 0.6) is 0 Å². The van der Waals surface area contributed by atoms with Gasteiger partial charge in [0.05, 0.1) is 24.5 Å². The summed E-state index contributed by atoms with van der Waals surface area (Å²) in [7, 11) is 0. The van der Waals surface area contributed by atoms with E-state index in [0.29, 0.717) is 12.6 Å². The molecule has 1 aliphatic carbocycles. The number of fused-ring (bicyclic) bond motifs is 2. The number of benzene rings is 1. The molecule has 0 atom stereocenters. The molecule has 2 aromatic rings. The largest absolute Gasteiger partial charge is 0.351 e. The topological polar surface area (TPSA) is 50.2 Å². The van der Waals surface area contributed by atoms with Crippen molar-refractivity contribution in [2.24, 2.45) is 0 Å². The van der Waals surface area contributed by atoms with E-state index >= 15 is 0 Å². The molecule has 0 unspecified atom stereocenters. The van der Waals surface area contributed by atoms with Gasteiger partial charge in [-0.1, -0.05) is 24.3 Å². The Balaban J connectivity index is 1.44. The molecule has 1 aliphatic heterocycles. The van der Waals surface area contributed by atoms with Crippen LogP contribution < -0.4 is 5.32 Å². The van der Waals surface area contributed by atoms with Crippen LogP contribution in [0.4, 0.5) is 0 Å². The van der Waals surface area contributed by atoms with Crippen LogP contribution in [0.25, 0.3) is 0 Å². The first-order valence-corrected chi connectivity index (χ1v) is 8.30. The maximum absolute atomic E-state index is 11.0. The van der Waals surface area contributed by atoms with Gasteiger partial charge < -0.3 is 5.32 Å². The number of nitrogens with zero attached hydrogens (tertiary/aromatic N) is 3. The second-order valence-corrected chi connectivity index (χ2v) is 6.56. The number of aromatic nitrogens is 2. The van der Waals surface area contributed by atoms with Crippen molar-refractivity contribution in [1.29, 1.82) is 0 Å². The molecule has 0 fully saturated rings. The third-order valence-corrected chi connectivity index (χ3v) is 4.94. The number of rotatable bonds is 3. The van der Waals surface area contributed by atoms with E-state index in [1.165, 1.54) is 23.7 Å². The van der Waals surface area contributed by atoms with Crippen molar-refractivity contribution in [3.8, 4) is 0 Å². The molecule has 1 aromatic heterocycles. The van der Waals surface area contributed by atoms with E-state index in [4.69, 9.17) is 0 Å². The lowest BCUT2D eigenvalue weighted by Gasteiger charge is -2.32. The Morgan fingerprint density at radius 3 is 2.70 bits per heavy atom. The summed E-state index contributed by atoms with van der Waals surface area (Å²) in [6.07, 6.45) is 2.31. The van der Waals surface area contributed by atoms with Crippen LogP contribution >= 0.6 is 0 Å². The van der Waals surface area contributed by atoms with Crippen molar-refractivity contribution in [3.05, 3.63) is 52.8 Å². The van der Waals surface area contributed by atoms with E-state index in [1.807, 2.05) is 0 Å². The Morgan fingerprint density at radius 1 is 1.26 bits per heavy atom. The van der Waals surface area contributed by atoms with E-state index in [1.54, 1.807) is 0 Å². The first-order valence-electron chi connectivity index (χ1n) is 8.30. The molecule has 0 radical (unpaired) electrons. The SMILES string of the molecule is CC(=O)NCc1cc2n(n1)CCN(C1Cc3ccccc3C1)C2. The number of amides is 1. The third kappa shape index (κ3) is 2.88. The first kappa shape index (κ1) is 14.5. The third-order valence-electron chi connectivity index (χ3n) is 4.94. The highest BCUT2D eigenvalue weighted by atomic mass is 16.1. The predicted molar refractivity (Wildman–Crippen MR) is 87.8 cm³/mol. The average molecular weight is 310 g/mol. The molecule has 5 nitrogen and oxygen atoms in total. The van der Waals surface area contributed by atoms with E-state index in [-0.39, 0.29) is 5.91 Å². The van der Waals surface area contributed by atoms with Crippen LogP contribution in [0.2, 0.25) is 0 Å². The predicted octanol–water partition coefficient (Wildman–Crippen LogP) is 1.50. The number of hydrogen-bond donors (Lipinski definition) is 1. The van der Waals surface area contributed by atoms with Gasteiger partial charge in [-0.15, -0.1) is 0 Å². The zero-order valence-corrected chi connectivity index (χ0v) is 13.5. The van der Waals surface area contributed by atoms with Gasteiger partial charge in [-0.05, 0) is 30.0 Å². The number of carbonyl (C=O) groups excluding carboxylic acids is 1. The van der Waals surface area contributed by atoms with Gasteiger partial charge in [-0.25, -0.2) is 0 Å². The van der Waals surface area contributed by atoms with Gasteiger partial charge in [0, 0.05) is 26.1 Å². The minimum atomic E-state index is -0.0127. The molecule has 1 amide bonds. The highest BCUT2D eigenvalue weighted by molar-refractivity contribution is 5.72. The van der Waals surface area contributed by atoms with Crippen molar-refractivity contribution in [1.82, 2.24) is 20.0 Å². The van der Waals surface area contributed by atoms with Gasteiger partial charge in [-0.2, -0.15) is 5.10 Å². The fourth-order valence-electron chi connectivity index (χ4n) is 3.75. The molecule has 4 rings (SSSR count). The van der Waals surface area contributed by atoms with Gasteiger partial charge in [-0.3, -0.25) is 14.4 Å². The maximum atomic E-state index is 11.0. The van der Waals surface area contributed by atoms with Gasteiger partial charge in [0.15, 0.2) is 0 Å². The molecule has 0 saturated heterocycles. The standard InChI is InChI=1S/C18H22N4O/c1-13(23)19-11-16-10-18-12-21(6-7-22(18)20-16)17-8-14-4-2-3-5-15(14)9-17/h2-5,10,17H,6-9,11-12H2,1H3,(H,19,23). The van der Waals surface area contributed by atoms with Crippen molar-refractivity contribution in [3.63, 3.8) is 0 Å². The fraction of sp³-hybridized carbons (Fsp3) is 0.444. The van der Waals surface area contributed by atoms with Crippen LogP contribution in [0.15, 0.2) is 30.3 Å². The summed E-state index contributed by atoms with van der Waals surface area (Å²) >= 11 is 0. The van der Waals surface area contributed by atoms with E-state index < -0.39 is 0 Å². The average Bonchev–Trinajstić information content (AvgIpc) is 3.15. The Kier molecular flexibility index (Phi) is 3.65. The molecule has 0 saturated carbocycles. The summed E-state index contributed by atoms with van der Waals surface area (Å²) in [4.78, 5) is 13.6. The Bertz CT molecular complexity index is 711. The van der Waals surface area contributed by atoms with Crippen LogP contribution in [-0.2, 0) is 37.3 Å². The first-order chi connectivity index (χ1) is 11.2. The second kappa shape index (κ2) is 5.81. The summed E-state index contributed by atoms with van der Waals surface area (Å²) in [6.45, 7) is 4.99. The number of carbonyl (C=O) groups is 1. The fourth-order valence-corrected chi connectivity index (χ4v) is 3.75. The molecule has 120 valence electrons. The summed E-state index contributed by atoms with van der Waals surface area (Å²) in [5.74, 6) is -0.0127. The Labute approximate surface area is 136 Å². The van der Waals surface area contributed by atoms with E-state index in [0.717, 1.165) is 38.2 Å². The monoisotopic (exact) mass is 310 g/mol. The molecule has 2 aliphatic rings. The molecule has 0 spiro atoms. The quantitative estimate of drug-likeness (QED) is 0.935. The highest BCUT2D eigenvalue weighted by Crippen LogP contribution is 2.27. The van der Waals surface area contributed by atoms with Gasteiger partial charge >= 0.3 is 0 Å². The Hall–Kier alpha value is -2.14. The van der Waals surface area contributed by atoms with Crippen molar-refractivity contribution in [2.75, 3.05) is 6.54 Å². The van der Waals surface area contributed by atoms with E-state index in [9.17, 15) is 4.79 Å². The molecule has 0 bridgehead atoms. The molecular formula is C18H22N4O. The lowest BCUT2D eigenvalue weighted by atomic mass is 10.1. The minimum absolute atomic E-state index is 0.0127. The van der Waals surface area contributed by atoms with E-state index in [2.05, 4.69) is 50.3 Å². The molecule has 1 aromatic carbocycles. The van der Waals surface area contributed by atoms with Gasteiger partial charge in [0.25, 0.3) is 0 Å². The molecule has 5 heteroatoms. The minimum Gasteiger partial charge on any atom is -0.351 e. The molecule has 1 N–H and O–H groups in total. The van der Waals surface area contributed by atoms with Gasteiger partial charge in [0.2, 0.25) is 5.91 Å². The molecule has 23 heavy (non-hydrogen) atoms. The van der Waals surface area contributed by atoms with Crippen LogP contribution in [0, 0.1) is 0 Å². The van der Waals surface area contributed by atoms with Crippen LogP contribution in [0.1, 0.15) is 29.4 Å². The summed E-state index contributed by atoms with van der Waals surface area (Å²) in [5, 5.41) is 7.42. The number of nitrogens with one attached hydrogen (secondary N) is 1. The van der Waals surface area contributed by atoms with Crippen molar-refractivity contribution >= 4 is 5.91 Å². The smallest absolute Gasteiger partial charge is 0.217 e. The Morgan fingerprint density at radius 2 is 2.00 bits per heavy atom. The highest BCUT2D eigenvalue weighted by Gasteiger charge is 2.29. The lowest BCUT2D eigenvalue weighted by molar-refractivity contribution is -0.119. The second-order valence-electron chi connectivity index (χ2n) is 6.56. The van der Waals surface area contributed by atoms with Crippen molar-refractivity contribution in [2.45, 2.75) is 45.4 Å². The number of hydrogen-bond acceptors (Lipinski definition) is 3. The summed E-state index contributed by atoms with van der Waals surface area (Å²) in [6, 6.07) is 11.5. The summed E-state index contributed by atoms with van der Waals surface area (Å²) in [5.41, 5.74) is 5.21. The zero-order valence-electron chi connectivity index (χ0n) is 13.5.